The third kappa shape index (κ3) is 5.55. The minimum atomic E-state index is -0.792. The number of carbonyl (C=O) groups is 1. The van der Waals surface area contributed by atoms with E-state index in [4.69, 9.17) is 16.3 Å². The molecule has 9 heteroatoms. The molecule has 0 aliphatic heterocycles. The van der Waals surface area contributed by atoms with Crippen LogP contribution in [0.5, 0.6) is 5.75 Å². The van der Waals surface area contributed by atoms with Crippen LogP contribution in [0.3, 0.4) is 0 Å². The van der Waals surface area contributed by atoms with Crippen molar-refractivity contribution in [2.24, 2.45) is 5.10 Å². The lowest BCUT2D eigenvalue weighted by Crippen LogP contribution is -2.25. The summed E-state index contributed by atoms with van der Waals surface area (Å²) in [7, 11) is 1.29. The molecular weight excluding hydrogens is 498 g/mol. The van der Waals surface area contributed by atoms with E-state index in [9.17, 15) is 9.59 Å². The van der Waals surface area contributed by atoms with Gasteiger partial charge in [-0.3, -0.25) is 4.79 Å². The number of esters is 1. The van der Waals surface area contributed by atoms with Crippen molar-refractivity contribution in [1.82, 2.24) is 9.66 Å². The first-order valence-corrected chi connectivity index (χ1v) is 11.3. The predicted octanol–water partition coefficient (Wildman–Crippen LogP) is 4.98. The van der Waals surface area contributed by atoms with Crippen molar-refractivity contribution in [2.45, 2.75) is 39.2 Å². The zero-order chi connectivity index (χ0) is 23.3. The Bertz CT molecular complexity index is 1230. The molecule has 0 spiro atoms. The largest absolute Gasteiger partial charge is 0.477 e. The minimum Gasteiger partial charge on any atom is -0.477 e. The van der Waals surface area contributed by atoms with E-state index < -0.39 is 12.1 Å². The van der Waals surface area contributed by atoms with E-state index in [1.807, 2.05) is 12.1 Å². The Morgan fingerprint density at radius 1 is 1.31 bits per heavy atom. The zero-order valence-electron chi connectivity index (χ0n) is 18.0. The topological polar surface area (TPSA) is 82.8 Å². The molecule has 0 saturated heterocycles. The molecule has 0 fully saturated rings. The second-order valence-electron chi connectivity index (χ2n) is 7.13. The molecule has 7 nitrogen and oxygen atoms in total. The third-order valence-electron chi connectivity index (χ3n) is 4.74. The number of aromatic nitrogens is 2. The fourth-order valence-electron chi connectivity index (χ4n) is 3.03. The average molecular weight is 521 g/mol. The van der Waals surface area contributed by atoms with Gasteiger partial charge >= 0.3 is 5.97 Å². The Labute approximate surface area is 199 Å². The highest BCUT2D eigenvalue weighted by atomic mass is 79.9. The second kappa shape index (κ2) is 10.7. The molecular formula is C23H23BrClN3O4. The molecule has 0 radical (unpaired) electrons. The summed E-state index contributed by atoms with van der Waals surface area (Å²) in [4.78, 5) is 29.3. The summed E-state index contributed by atoms with van der Waals surface area (Å²) in [6.45, 7) is 3.66. The van der Waals surface area contributed by atoms with E-state index in [1.165, 1.54) is 11.8 Å². The molecule has 3 rings (SSSR count). The first-order chi connectivity index (χ1) is 15.3. The first kappa shape index (κ1) is 23.9. The number of halogens is 2. The number of nitrogens with zero attached hydrogens (tertiary/aromatic N) is 3. The maximum atomic E-state index is 13.1. The van der Waals surface area contributed by atoms with Gasteiger partial charge in [0.2, 0.25) is 0 Å². The van der Waals surface area contributed by atoms with E-state index in [0.717, 1.165) is 17.3 Å². The van der Waals surface area contributed by atoms with Crippen LogP contribution in [0.15, 0.2) is 50.8 Å². The van der Waals surface area contributed by atoms with Gasteiger partial charge in [0, 0.05) is 10.9 Å². The summed E-state index contributed by atoms with van der Waals surface area (Å²) in [5.41, 5.74) is 1.06. The monoisotopic (exact) mass is 519 g/mol. The summed E-state index contributed by atoms with van der Waals surface area (Å²) in [5, 5.41) is 5.20. The maximum absolute atomic E-state index is 13.1. The molecule has 168 valence electrons. The van der Waals surface area contributed by atoms with Crippen LogP contribution in [0.25, 0.3) is 10.9 Å². The van der Waals surface area contributed by atoms with Crippen LogP contribution < -0.4 is 10.3 Å². The van der Waals surface area contributed by atoms with Gasteiger partial charge in [-0.25, -0.2) is 9.78 Å². The molecule has 0 amide bonds. The van der Waals surface area contributed by atoms with Crippen molar-refractivity contribution in [3.05, 3.63) is 67.6 Å². The van der Waals surface area contributed by atoms with Gasteiger partial charge in [-0.05, 0) is 55.3 Å². The molecule has 0 saturated carbocycles. The number of hydrogen-bond donors (Lipinski definition) is 0. The van der Waals surface area contributed by atoms with Gasteiger partial charge < -0.3 is 9.47 Å². The van der Waals surface area contributed by atoms with Gasteiger partial charge in [-0.2, -0.15) is 9.78 Å². The number of benzene rings is 2. The summed E-state index contributed by atoms with van der Waals surface area (Å²) < 4.78 is 12.3. The minimum absolute atomic E-state index is 0.239. The first-order valence-electron chi connectivity index (χ1n) is 10.1. The van der Waals surface area contributed by atoms with Crippen LogP contribution in [0.4, 0.5) is 0 Å². The standard InChI is InChI=1S/C23H23BrClN3O4/c1-4-5-6-21-27-19-9-8-16(24)12-17(19)22(29)28(21)26-13-15-7-10-20(18(25)11-15)32-14(2)23(30)31-3/h7-14H,4-6H2,1-3H3/t14-/m1/s1. The molecule has 0 aliphatic rings. The van der Waals surface area contributed by atoms with Crippen LogP contribution >= 0.6 is 27.5 Å². The molecule has 1 aromatic heterocycles. The fraction of sp³-hybridized carbons (Fsp3) is 0.304. The molecule has 1 atom stereocenters. The predicted molar refractivity (Wildman–Crippen MR) is 129 cm³/mol. The molecule has 32 heavy (non-hydrogen) atoms. The lowest BCUT2D eigenvalue weighted by molar-refractivity contribution is -0.147. The highest BCUT2D eigenvalue weighted by Gasteiger charge is 2.16. The van der Waals surface area contributed by atoms with Gasteiger partial charge in [0.1, 0.15) is 11.6 Å². The number of unbranched alkanes of at least 4 members (excludes halogenated alkanes) is 1. The van der Waals surface area contributed by atoms with Crippen molar-refractivity contribution < 1.29 is 14.3 Å². The van der Waals surface area contributed by atoms with E-state index >= 15 is 0 Å². The van der Waals surface area contributed by atoms with E-state index in [2.05, 4.69) is 37.7 Å². The van der Waals surface area contributed by atoms with Gasteiger partial charge in [0.05, 0.1) is 29.2 Å². The molecule has 3 aromatic rings. The Balaban J connectivity index is 1.95. The lowest BCUT2D eigenvalue weighted by atomic mass is 10.2. The smallest absolute Gasteiger partial charge is 0.346 e. The summed E-state index contributed by atoms with van der Waals surface area (Å²) >= 11 is 9.71. The number of carbonyl (C=O) groups excluding carboxylic acids is 1. The number of fused-ring (bicyclic) bond motifs is 1. The Morgan fingerprint density at radius 3 is 2.78 bits per heavy atom. The van der Waals surface area contributed by atoms with Gasteiger partial charge in [0.15, 0.2) is 6.10 Å². The molecule has 2 aromatic carbocycles. The number of ether oxygens (including phenoxy) is 2. The lowest BCUT2D eigenvalue weighted by Gasteiger charge is -2.13. The summed E-state index contributed by atoms with van der Waals surface area (Å²) in [6.07, 6.45) is 3.24. The number of methoxy groups -OCH3 is 1. The second-order valence-corrected chi connectivity index (χ2v) is 8.45. The quantitative estimate of drug-likeness (QED) is 0.309. The van der Waals surface area contributed by atoms with Crippen LogP contribution in [-0.4, -0.2) is 35.1 Å². The van der Waals surface area contributed by atoms with E-state index in [-0.39, 0.29) is 5.56 Å². The highest BCUT2D eigenvalue weighted by Crippen LogP contribution is 2.26. The SMILES string of the molecule is CCCCc1nc2ccc(Br)cc2c(=O)n1N=Cc1ccc(O[C@H](C)C(=O)OC)c(Cl)c1. The fourth-order valence-corrected chi connectivity index (χ4v) is 3.63. The number of hydrogen-bond acceptors (Lipinski definition) is 6. The van der Waals surface area contributed by atoms with Gasteiger partial charge in [-0.1, -0.05) is 40.9 Å². The number of rotatable bonds is 8. The van der Waals surface area contributed by atoms with Crippen LogP contribution in [0.2, 0.25) is 5.02 Å². The maximum Gasteiger partial charge on any atom is 0.346 e. The summed E-state index contributed by atoms with van der Waals surface area (Å²) in [6, 6.07) is 10.4. The average Bonchev–Trinajstić information content (AvgIpc) is 2.78. The normalized spacial score (nSPS) is 12.3. The molecule has 1 heterocycles. The highest BCUT2D eigenvalue weighted by molar-refractivity contribution is 9.10. The molecule has 0 unspecified atom stereocenters. The van der Waals surface area contributed by atoms with Crippen molar-refractivity contribution >= 4 is 50.6 Å². The van der Waals surface area contributed by atoms with Crippen molar-refractivity contribution in [1.29, 1.82) is 0 Å². The van der Waals surface area contributed by atoms with Crippen LogP contribution in [0.1, 0.15) is 38.1 Å². The molecule has 0 aliphatic carbocycles. The van der Waals surface area contributed by atoms with Crippen molar-refractivity contribution in [2.75, 3.05) is 7.11 Å². The van der Waals surface area contributed by atoms with E-state index in [1.54, 1.807) is 37.4 Å². The van der Waals surface area contributed by atoms with Crippen LogP contribution in [0, 0.1) is 0 Å². The summed E-state index contributed by atoms with van der Waals surface area (Å²) in [5.74, 6) is 0.446. The number of aryl methyl sites for hydroxylation is 1. The van der Waals surface area contributed by atoms with Crippen molar-refractivity contribution in [3.63, 3.8) is 0 Å². The van der Waals surface area contributed by atoms with Crippen molar-refractivity contribution in [3.8, 4) is 5.75 Å². The van der Waals surface area contributed by atoms with E-state index in [0.29, 0.717) is 39.5 Å². The Morgan fingerprint density at radius 2 is 2.09 bits per heavy atom. The third-order valence-corrected chi connectivity index (χ3v) is 5.53. The molecule has 0 N–H and O–H groups in total. The molecule has 0 bridgehead atoms. The van der Waals surface area contributed by atoms with Crippen LogP contribution in [-0.2, 0) is 16.0 Å². The van der Waals surface area contributed by atoms with Gasteiger partial charge in [-0.15, -0.1) is 0 Å². The Kier molecular flexibility index (Phi) is 8.04. The zero-order valence-corrected chi connectivity index (χ0v) is 20.3. The van der Waals surface area contributed by atoms with Gasteiger partial charge in [0.25, 0.3) is 5.56 Å². The Hall–Kier alpha value is -2.71.